The molecule has 1 unspecified atom stereocenters. The molecule has 0 aliphatic carbocycles. The molecule has 0 amide bonds. The Balaban J connectivity index is 1.54. The molecule has 4 atom stereocenters. The number of hydrogen-bond acceptors (Lipinski definition) is 9. The number of pyridine rings is 1. The summed E-state index contributed by atoms with van der Waals surface area (Å²) < 4.78 is 29.2. The zero-order valence-corrected chi connectivity index (χ0v) is 23.1. The van der Waals surface area contributed by atoms with Gasteiger partial charge in [-0.05, 0) is 22.8 Å². The van der Waals surface area contributed by atoms with E-state index in [0.717, 1.165) is 11.1 Å². The summed E-state index contributed by atoms with van der Waals surface area (Å²) in [5, 5.41) is 35.6. The Morgan fingerprint density at radius 2 is 1.33 bits per heavy atom. The average Bonchev–Trinajstić information content (AvgIpc) is 3.04. The van der Waals surface area contributed by atoms with Gasteiger partial charge < -0.3 is 39.0 Å². The minimum absolute atomic E-state index is 0.000302. The summed E-state index contributed by atoms with van der Waals surface area (Å²) in [6.07, 6.45) is 0.782. The Hall–Kier alpha value is -4.09. The van der Waals surface area contributed by atoms with Gasteiger partial charge in [0, 0.05) is 17.8 Å². The van der Waals surface area contributed by atoms with E-state index >= 15 is 0 Å². The maximum atomic E-state index is 12.2. The molecule has 0 radical (unpaired) electrons. The minimum Gasteiger partial charge on any atom is -0.495 e. The largest absolute Gasteiger partial charge is 0.495 e. The van der Waals surface area contributed by atoms with Gasteiger partial charge in [0.05, 0.1) is 33.1 Å². The molecule has 4 aromatic rings. The lowest BCUT2D eigenvalue weighted by Gasteiger charge is -2.48. The number of nitrogens with zero attached hydrogens (tertiary/aromatic N) is 1. The molecule has 3 aromatic carbocycles. The van der Waals surface area contributed by atoms with Gasteiger partial charge in [-0.2, -0.15) is 0 Å². The fourth-order valence-electron chi connectivity index (χ4n) is 4.51. The molecule has 0 fully saturated rings. The quantitative estimate of drug-likeness (QED) is 0.215. The summed E-state index contributed by atoms with van der Waals surface area (Å²) in [4.78, 5) is 4.17. The predicted molar refractivity (Wildman–Crippen MR) is 153 cm³/mol. The molecule has 1 aromatic heterocycles. The number of aliphatic hydroxyl groups excluding tert-OH is 1. The van der Waals surface area contributed by atoms with E-state index in [1.54, 1.807) is 18.2 Å². The molecule has 1 aliphatic heterocycles. The number of methoxy groups -OCH3 is 1. The van der Waals surface area contributed by atoms with Crippen molar-refractivity contribution >= 4 is 5.76 Å². The van der Waals surface area contributed by atoms with Crippen LogP contribution in [-0.4, -0.2) is 51.4 Å². The molecule has 42 heavy (non-hydrogen) atoms. The molecule has 3 N–H and O–H groups in total. The normalized spacial score (nSPS) is 22.6. The Morgan fingerprint density at radius 1 is 0.786 bits per heavy atom. The van der Waals surface area contributed by atoms with Crippen molar-refractivity contribution in [2.75, 3.05) is 7.11 Å². The van der Waals surface area contributed by atoms with Gasteiger partial charge in [-0.3, -0.25) is 4.98 Å². The van der Waals surface area contributed by atoms with E-state index in [1.807, 2.05) is 78.9 Å². The first-order valence-electron chi connectivity index (χ1n) is 13.4. The van der Waals surface area contributed by atoms with Crippen LogP contribution in [0.3, 0.4) is 0 Å². The second kappa shape index (κ2) is 13.3. The summed E-state index contributed by atoms with van der Waals surface area (Å²) in [7, 11) is 1.50. The molecule has 0 bridgehead atoms. The number of ether oxygens (including phenoxy) is 5. The van der Waals surface area contributed by atoms with E-state index in [0.29, 0.717) is 16.9 Å². The van der Waals surface area contributed by atoms with Crippen molar-refractivity contribution in [1.82, 2.24) is 4.98 Å². The second-order valence-corrected chi connectivity index (χ2v) is 9.79. The molecule has 0 saturated heterocycles. The fourth-order valence-corrected chi connectivity index (χ4v) is 4.51. The first-order valence-corrected chi connectivity index (χ1v) is 13.4. The summed E-state index contributed by atoms with van der Waals surface area (Å²) >= 11 is 0. The maximum Gasteiger partial charge on any atom is 0.269 e. The third kappa shape index (κ3) is 6.69. The van der Waals surface area contributed by atoms with E-state index in [9.17, 15) is 15.3 Å². The van der Waals surface area contributed by atoms with Crippen LogP contribution < -0.4 is 4.74 Å². The van der Waals surface area contributed by atoms with Crippen molar-refractivity contribution in [3.05, 3.63) is 138 Å². The van der Waals surface area contributed by atoms with Crippen LogP contribution in [0.1, 0.15) is 22.3 Å². The number of aliphatic hydroxyl groups is 3. The highest BCUT2D eigenvalue weighted by molar-refractivity contribution is 5.63. The molecule has 0 saturated carbocycles. The van der Waals surface area contributed by atoms with Gasteiger partial charge in [-0.25, -0.2) is 0 Å². The fraction of sp³-hybridized carbons (Fsp3) is 0.242. The van der Waals surface area contributed by atoms with E-state index in [1.165, 1.54) is 25.6 Å². The zero-order valence-electron chi connectivity index (χ0n) is 23.1. The maximum absolute atomic E-state index is 12.2. The lowest BCUT2D eigenvalue weighted by atomic mass is 9.93. The molecule has 2 heterocycles. The summed E-state index contributed by atoms with van der Waals surface area (Å²) in [5.74, 6) is -4.65. The molecule has 5 rings (SSSR count). The minimum atomic E-state index is -2.64. The average molecular weight is 572 g/mol. The molecular formula is C33H33NO8. The van der Waals surface area contributed by atoms with Gasteiger partial charge in [0.1, 0.15) is 11.5 Å². The molecule has 218 valence electrons. The topological polar surface area (TPSA) is 120 Å². The third-order valence-electron chi connectivity index (χ3n) is 6.84. The van der Waals surface area contributed by atoms with Crippen LogP contribution in [0.2, 0.25) is 0 Å². The molecule has 0 spiro atoms. The van der Waals surface area contributed by atoms with Gasteiger partial charge in [-0.15, -0.1) is 0 Å². The van der Waals surface area contributed by atoms with E-state index in [2.05, 4.69) is 4.98 Å². The van der Waals surface area contributed by atoms with Crippen molar-refractivity contribution in [3.63, 3.8) is 0 Å². The molecular weight excluding hydrogens is 538 g/mol. The van der Waals surface area contributed by atoms with E-state index in [-0.39, 0.29) is 25.6 Å². The number of hydrogen-bond donors (Lipinski definition) is 3. The third-order valence-corrected chi connectivity index (χ3v) is 6.84. The summed E-state index contributed by atoms with van der Waals surface area (Å²) in [6.45, 7) is -0.231. The van der Waals surface area contributed by atoms with Crippen LogP contribution in [0, 0.1) is 0 Å². The standard InChI is InChI=1S/C33H33NO8/c1-38-28-17-27(19-34-20-28)29-18-32(36,40-22-25-13-7-3-8-14-25)33(37,41-23-26-15-9-4-10-16-26)30(42-29)31(35)39-21-24-11-5-2-6-12-24/h2-20,30-31,35-37H,21-23H2,1H3/t30-,31?,32+,33+/m1/s1. The number of rotatable bonds is 12. The Kier molecular flexibility index (Phi) is 9.28. The number of aromatic nitrogens is 1. The molecule has 9 nitrogen and oxygen atoms in total. The van der Waals surface area contributed by atoms with Crippen LogP contribution in [0.25, 0.3) is 5.76 Å². The SMILES string of the molecule is COc1cncc(C2=C[C@](O)(OCc3ccccc3)[C@@](O)(OCc3ccccc3)[C@@H](C(O)OCc3ccccc3)O2)c1. The molecule has 9 heteroatoms. The predicted octanol–water partition coefficient (Wildman–Crippen LogP) is 4.18. The van der Waals surface area contributed by atoms with E-state index in [4.69, 9.17) is 23.7 Å². The van der Waals surface area contributed by atoms with Gasteiger partial charge in [-0.1, -0.05) is 91.0 Å². The first kappa shape index (κ1) is 29.4. The highest BCUT2D eigenvalue weighted by atomic mass is 16.7. The van der Waals surface area contributed by atoms with Crippen LogP contribution >= 0.6 is 0 Å². The van der Waals surface area contributed by atoms with Crippen LogP contribution in [0.15, 0.2) is 116 Å². The van der Waals surface area contributed by atoms with Crippen LogP contribution in [-0.2, 0) is 38.8 Å². The van der Waals surface area contributed by atoms with Crippen molar-refractivity contribution in [1.29, 1.82) is 0 Å². The Labute approximate surface area is 244 Å². The van der Waals surface area contributed by atoms with Crippen LogP contribution in [0.4, 0.5) is 0 Å². The van der Waals surface area contributed by atoms with Gasteiger partial charge in [0.25, 0.3) is 5.79 Å². The second-order valence-electron chi connectivity index (χ2n) is 9.79. The highest BCUT2D eigenvalue weighted by Crippen LogP contribution is 2.43. The zero-order chi connectivity index (χ0) is 29.4. The van der Waals surface area contributed by atoms with E-state index < -0.39 is 24.0 Å². The lowest BCUT2D eigenvalue weighted by molar-refractivity contribution is -0.420. The Morgan fingerprint density at radius 3 is 1.90 bits per heavy atom. The lowest BCUT2D eigenvalue weighted by Crippen LogP contribution is -2.68. The highest BCUT2D eigenvalue weighted by Gasteiger charge is 2.63. The van der Waals surface area contributed by atoms with Crippen molar-refractivity contribution < 1.29 is 39.0 Å². The van der Waals surface area contributed by atoms with Crippen molar-refractivity contribution in [3.8, 4) is 5.75 Å². The smallest absolute Gasteiger partial charge is 0.269 e. The first-order chi connectivity index (χ1) is 20.4. The summed E-state index contributed by atoms with van der Waals surface area (Å²) in [5.41, 5.74) is 2.63. The summed E-state index contributed by atoms with van der Waals surface area (Å²) in [6, 6.07) is 29.1. The van der Waals surface area contributed by atoms with Gasteiger partial charge in [0.2, 0.25) is 11.9 Å². The van der Waals surface area contributed by atoms with Crippen molar-refractivity contribution in [2.45, 2.75) is 43.8 Å². The number of benzene rings is 3. The molecule has 1 aliphatic rings. The monoisotopic (exact) mass is 571 g/mol. The van der Waals surface area contributed by atoms with Gasteiger partial charge >= 0.3 is 0 Å². The van der Waals surface area contributed by atoms with Crippen LogP contribution in [0.5, 0.6) is 5.75 Å². The van der Waals surface area contributed by atoms with Crippen molar-refractivity contribution in [2.24, 2.45) is 0 Å². The Bertz CT molecular complexity index is 1450. The van der Waals surface area contributed by atoms with Gasteiger partial charge in [0.15, 0.2) is 6.29 Å².